The Bertz CT molecular complexity index is 255. The second-order valence-corrected chi connectivity index (χ2v) is 5.46. The van der Waals surface area contributed by atoms with Gasteiger partial charge in [-0.3, -0.25) is 0 Å². The van der Waals surface area contributed by atoms with Gasteiger partial charge in [-0.1, -0.05) is 44.6 Å². The van der Waals surface area contributed by atoms with Crippen LogP contribution >= 0.6 is 0 Å². The van der Waals surface area contributed by atoms with E-state index in [1.54, 1.807) is 5.57 Å². The predicted molar refractivity (Wildman–Crippen MR) is 57.5 cm³/mol. The topological polar surface area (TPSA) is 0 Å². The Morgan fingerprint density at radius 3 is 2.92 bits per heavy atom. The van der Waals surface area contributed by atoms with Crippen molar-refractivity contribution in [1.82, 2.24) is 0 Å². The third kappa shape index (κ3) is 1.59. The molecule has 72 valence electrons. The molecule has 0 saturated heterocycles. The third-order valence-electron chi connectivity index (χ3n) is 3.70. The van der Waals surface area contributed by atoms with E-state index in [9.17, 15) is 0 Å². The molecule has 0 amide bonds. The van der Waals surface area contributed by atoms with Gasteiger partial charge in [0.15, 0.2) is 0 Å². The van der Waals surface area contributed by atoms with Gasteiger partial charge in [0.2, 0.25) is 0 Å². The Morgan fingerprint density at radius 1 is 1.38 bits per heavy atom. The molecule has 1 fully saturated rings. The molecule has 0 bridgehead atoms. The van der Waals surface area contributed by atoms with E-state index in [4.69, 9.17) is 0 Å². The van der Waals surface area contributed by atoms with Crippen molar-refractivity contribution in [2.75, 3.05) is 0 Å². The molecule has 0 aliphatic heterocycles. The molecule has 0 N–H and O–H groups in total. The smallest absolute Gasteiger partial charge is 0.0143 e. The molecular formula is C13H20. The number of hydrogen-bond acceptors (Lipinski definition) is 0. The molecule has 13 heavy (non-hydrogen) atoms. The molecule has 0 nitrogen and oxygen atoms in total. The lowest BCUT2D eigenvalue weighted by molar-refractivity contribution is 0.248. The van der Waals surface area contributed by atoms with Crippen LogP contribution in [0.15, 0.2) is 23.8 Å². The summed E-state index contributed by atoms with van der Waals surface area (Å²) in [7, 11) is 0. The van der Waals surface area contributed by atoms with E-state index in [2.05, 4.69) is 39.0 Å². The second kappa shape index (κ2) is 3.01. The first-order chi connectivity index (χ1) is 6.09. The van der Waals surface area contributed by atoms with Gasteiger partial charge in [-0.25, -0.2) is 0 Å². The largest absolute Gasteiger partial charge is 0.0840 e. The maximum absolute atomic E-state index is 2.42. The van der Waals surface area contributed by atoms with Crippen LogP contribution in [0.1, 0.15) is 40.0 Å². The van der Waals surface area contributed by atoms with Crippen molar-refractivity contribution in [3.05, 3.63) is 23.8 Å². The molecule has 2 atom stereocenters. The van der Waals surface area contributed by atoms with E-state index in [1.807, 2.05) is 0 Å². The minimum atomic E-state index is 0.490. The molecule has 1 saturated carbocycles. The molecule has 0 radical (unpaired) electrons. The summed E-state index contributed by atoms with van der Waals surface area (Å²) in [4.78, 5) is 0. The van der Waals surface area contributed by atoms with Crippen LogP contribution in [0.25, 0.3) is 0 Å². The quantitative estimate of drug-likeness (QED) is 0.524. The van der Waals surface area contributed by atoms with Crippen molar-refractivity contribution >= 4 is 0 Å². The number of hydrogen-bond donors (Lipinski definition) is 0. The first kappa shape index (κ1) is 9.05. The molecule has 0 heteroatoms. The highest BCUT2D eigenvalue weighted by Crippen LogP contribution is 2.48. The highest BCUT2D eigenvalue weighted by molar-refractivity contribution is 5.24. The number of rotatable bonds is 0. The van der Waals surface area contributed by atoms with Crippen LogP contribution in [0.2, 0.25) is 0 Å². The summed E-state index contributed by atoms with van der Waals surface area (Å²) in [5, 5.41) is 0. The summed E-state index contributed by atoms with van der Waals surface area (Å²) >= 11 is 0. The fourth-order valence-electron chi connectivity index (χ4n) is 2.89. The van der Waals surface area contributed by atoms with Crippen LogP contribution in [-0.4, -0.2) is 0 Å². The molecule has 2 aliphatic rings. The Morgan fingerprint density at radius 2 is 2.15 bits per heavy atom. The average Bonchev–Trinajstić information content (AvgIpc) is 2.36. The monoisotopic (exact) mass is 176 g/mol. The van der Waals surface area contributed by atoms with Gasteiger partial charge in [-0.2, -0.15) is 0 Å². The molecular weight excluding hydrogens is 156 g/mol. The molecule has 2 rings (SSSR count). The second-order valence-electron chi connectivity index (χ2n) is 5.46. The summed E-state index contributed by atoms with van der Waals surface area (Å²) in [6.45, 7) is 7.22. The van der Waals surface area contributed by atoms with Crippen molar-refractivity contribution in [1.29, 1.82) is 0 Å². The fourth-order valence-corrected chi connectivity index (χ4v) is 2.89. The van der Waals surface area contributed by atoms with E-state index < -0.39 is 0 Å². The van der Waals surface area contributed by atoms with Crippen molar-refractivity contribution in [3.8, 4) is 0 Å². The Hall–Kier alpha value is -0.520. The normalized spacial score (nSPS) is 36.7. The summed E-state index contributed by atoms with van der Waals surface area (Å²) in [5.74, 6) is 1.75. The average molecular weight is 176 g/mol. The van der Waals surface area contributed by atoms with E-state index in [0.717, 1.165) is 11.8 Å². The first-order valence-electron chi connectivity index (χ1n) is 5.45. The Labute approximate surface area is 81.7 Å². The van der Waals surface area contributed by atoms with E-state index in [0.29, 0.717) is 5.41 Å². The van der Waals surface area contributed by atoms with Gasteiger partial charge in [0.05, 0.1) is 0 Å². The Kier molecular flexibility index (Phi) is 2.09. The van der Waals surface area contributed by atoms with Gasteiger partial charge in [0.1, 0.15) is 0 Å². The maximum Gasteiger partial charge on any atom is -0.0143 e. The van der Waals surface area contributed by atoms with E-state index in [1.165, 1.54) is 19.3 Å². The van der Waals surface area contributed by atoms with Crippen LogP contribution in [0.5, 0.6) is 0 Å². The third-order valence-corrected chi connectivity index (χ3v) is 3.70. The van der Waals surface area contributed by atoms with Gasteiger partial charge in [-0.15, -0.1) is 0 Å². The number of allylic oxidation sites excluding steroid dienone is 4. The van der Waals surface area contributed by atoms with E-state index >= 15 is 0 Å². The maximum atomic E-state index is 2.42. The zero-order valence-corrected chi connectivity index (χ0v) is 9.01. The van der Waals surface area contributed by atoms with Gasteiger partial charge in [-0.05, 0) is 36.5 Å². The standard InChI is InChI=1S/C13H20/c1-10-8-11-6-4-5-7-13(2,3)12(11)9-10/h4-6,10,12H,7-9H2,1-3H3. The highest BCUT2D eigenvalue weighted by Gasteiger charge is 2.37. The molecule has 2 aliphatic carbocycles. The minimum absolute atomic E-state index is 0.490. The summed E-state index contributed by atoms with van der Waals surface area (Å²) in [5.41, 5.74) is 2.19. The SMILES string of the molecule is CC1CC2=CC=CCC(C)(C)C2C1. The predicted octanol–water partition coefficient (Wildman–Crippen LogP) is 3.95. The van der Waals surface area contributed by atoms with Gasteiger partial charge in [0.25, 0.3) is 0 Å². The first-order valence-corrected chi connectivity index (χ1v) is 5.45. The zero-order valence-electron chi connectivity index (χ0n) is 9.01. The lowest BCUT2D eigenvalue weighted by Gasteiger charge is -2.31. The molecule has 0 aromatic carbocycles. The molecule has 0 aromatic heterocycles. The molecule has 0 aromatic rings. The van der Waals surface area contributed by atoms with Gasteiger partial charge in [0, 0.05) is 0 Å². The molecule has 0 spiro atoms. The van der Waals surface area contributed by atoms with Crippen molar-refractivity contribution in [2.24, 2.45) is 17.3 Å². The van der Waals surface area contributed by atoms with Crippen LogP contribution in [0, 0.1) is 17.3 Å². The van der Waals surface area contributed by atoms with Gasteiger partial charge < -0.3 is 0 Å². The highest BCUT2D eigenvalue weighted by atomic mass is 14.4. The fraction of sp³-hybridized carbons (Fsp3) is 0.692. The number of fused-ring (bicyclic) bond motifs is 1. The molecule has 2 unspecified atom stereocenters. The van der Waals surface area contributed by atoms with Gasteiger partial charge >= 0.3 is 0 Å². The Balaban J connectivity index is 2.30. The van der Waals surface area contributed by atoms with Crippen molar-refractivity contribution in [2.45, 2.75) is 40.0 Å². The van der Waals surface area contributed by atoms with Crippen molar-refractivity contribution < 1.29 is 0 Å². The summed E-state index contributed by atoms with van der Waals surface area (Å²) in [6.07, 6.45) is 10.9. The van der Waals surface area contributed by atoms with Crippen LogP contribution in [-0.2, 0) is 0 Å². The zero-order chi connectivity index (χ0) is 9.47. The minimum Gasteiger partial charge on any atom is -0.0840 e. The van der Waals surface area contributed by atoms with Crippen molar-refractivity contribution in [3.63, 3.8) is 0 Å². The van der Waals surface area contributed by atoms with Crippen LogP contribution < -0.4 is 0 Å². The summed E-state index contributed by atoms with van der Waals surface area (Å²) < 4.78 is 0. The summed E-state index contributed by atoms with van der Waals surface area (Å²) in [6, 6.07) is 0. The van der Waals surface area contributed by atoms with Crippen LogP contribution in [0.4, 0.5) is 0 Å². The molecule has 0 heterocycles. The lowest BCUT2D eigenvalue weighted by Crippen LogP contribution is -2.21. The van der Waals surface area contributed by atoms with Crippen LogP contribution in [0.3, 0.4) is 0 Å². The van der Waals surface area contributed by atoms with E-state index in [-0.39, 0.29) is 0 Å². The lowest BCUT2D eigenvalue weighted by atomic mass is 9.74.